The number of fused-ring (bicyclic) bond motifs is 1. The highest BCUT2D eigenvalue weighted by atomic mass is 16.5. The van der Waals surface area contributed by atoms with Crippen molar-refractivity contribution in [3.8, 4) is 5.75 Å². The number of carbonyl (C=O) groups is 1. The molecule has 1 saturated heterocycles. The minimum absolute atomic E-state index is 0.0338. The summed E-state index contributed by atoms with van der Waals surface area (Å²) in [6.07, 6.45) is 0. The van der Waals surface area contributed by atoms with Crippen molar-refractivity contribution in [2.75, 3.05) is 37.7 Å². The second kappa shape index (κ2) is 8.58. The van der Waals surface area contributed by atoms with Gasteiger partial charge in [0.2, 0.25) is 0 Å². The molecule has 1 aliphatic rings. The van der Waals surface area contributed by atoms with Crippen molar-refractivity contribution < 1.29 is 9.53 Å². The molecular formula is C26H31N3O2. The second-order valence-electron chi connectivity index (χ2n) is 9.27. The van der Waals surface area contributed by atoms with Crippen molar-refractivity contribution in [3.63, 3.8) is 0 Å². The Bertz CT molecular complexity index is 1080. The Morgan fingerprint density at radius 1 is 1.00 bits per heavy atom. The van der Waals surface area contributed by atoms with Crippen LogP contribution in [0.15, 0.2) is 54.6 Å². The lowest BCUT2D eigenvalue weighted by atomic mass is 9.85. The molecule has 0 N–H and O–H groups in total. The van der Waals surface area contributed by atoms with Gasteiger partial charge < -0.3 is 14.5 Å². The summed E-state index contributed by atoms with van der Waals surface area (Å²) in [6, 6.07) is 18.5. The highest BCUT2D eigenvalue weighted by Crippen LogP contribution is 2.32. The van der Waals surface area contributed by atoms with E-state index in [0.717, 1.165) is 41.1 Å². The van der Waals surface area contributed by atoms with Crippen molar-refractivity contribution in [3.05, 3.63) is 65.7 Å². The van der Waals surface area contributed by atoms with Gasteiger partial charge in [-0.15, -0.1) is 0 Å². The molecule has 0 atom stereocenters. The minimum Gasteiger partial charge on any atom is -0.483 e. The summed E-state index contributed by atoms with van der Waals surface area (Å²) in [6.45, 7) is 11.5. The molecule has 3 aromatic rings. The molecule has 5 nitrogen and oxygen atoms in total. The third-order valence-corrected chi connectivity index (χ3v) is 5.83. The van der Waals surface area contributed by atoms with Gasteiger partial charge in [-0.2, -0.15) is 0 Å². The van der Waals surface area contributed by atoms with Gasteiger partial charge in [0, 0.05) is 31.6 Å². The standard InChI is InChI=1S/C26H31N3O2/c1-19-9-11-23(21(17-19)26(2,3)4)31-18-25(30)29-15-13-28(14-16-29)24-12-10-20-7-5-6-8-22(20)27-24/h5-12,17H,13-16,18H2,1-4H3. The molecule has 4 rings (SSSR count). The van der Waals surface area contributed by atoms with Crippen LogP contribution in [0.5, 0.6) is 5.75 Å². The maximum atomic E-state index is 12.8. The molecule has 2 aromatic carbocycles. The van der Waals surface area contributed by atoms with Crippen LogP contribution < -0.4 is 9.64 Å². The van der Waals surface area contributed by atoms with Gasteiger partial charge in [0.25, 0.3) is 5.91 Å². The summed E-state index contributed by atoms with van der Waals surface area (Å²) in [5, 5.41) is 1.14. The predicted octanol–water partition coefficient (Wildman–Crippen LogP) is 4.57. The predicted molar refractivity (Wildman–Crippen MR) is 126 cm³/mol. The molecular weight excluding hydrogens is 386 g/mol. The average molecular weight is 418 g/mol. The molecule has 1 aromatic heterocycles. The minimum atomic E-state index is -0.0388. The van der Waals surface area contributed by atoms with Crippen molar-refractivity contribution >= 4 is 22.6 Å². The first kappa shape index (κ1) is 21.2. The molecule has 1 aliphatic heterocycles. The second-order valence-corrected chi connectivity index (χ2v) is 9.27. The number of amides is 1. The fourth-order valence-electron chi connectivity index (χ4n) is 4.00. The molecule has 162 valence electrons. The summed E-state index contributed by atoms with van der Waals surface area (Å²) in [7, 11) is 0. The zero-order valence-electron chi connectivity index (χ0n) is 18.9. The Morgan fingerprint density at radius 3 is 2.48 bits per heavy atom. The average Bonchev–Trinajstić information content (AvgIpc) is 2.77. The Morgan fingerprint density at radius 2 is 1.74 bits per heavy atom. The number of pyridine rings is 1. The maximum absolute atomic E-state index is 12.8. The molecule has 1 amide bonds. The lowest BCUT2D eigenvalue weighted by molar-refractivity contribution is -0.133. The van der Waals surface area contributed by atoms with Crippen LogP contribution in [0, 0.1) is 6.92 Å². The van der Waals surface area contributed by atoms with E-state index in [1.165, 1.54) is 5.56 Å². The first-order chi connectivity index (χ1) is 14.8. The van der Waals surface area contributed by atoms with Crippen molar-refractivity contribution in [2.24, 2.45) is 0 Å². The van der Waals surface area contributed by atoms with Gasteiger partial charge in [0.1, 0.15) is 11.6 Å². The van der Waals surface area contributed by atoms with E-state index < -0.39 is 0 Å². The van der Waals surface area contributed by atoms with E-state index in [0.29, 0.717) is 13.1 Å². The maximum Gasteiger partial charge on any atom is 0.260 e. The largest absolute Gasteiger partial charge is 0.483 e. The van der Waals surface area contributed by atoms with Gasteiger partial charge in [0.05, 0.1) is 5.52 Å². The van der Waals surface area contributed by atoms with E-state index >= 15 is 0 Å². The number of ether oxygens (including phenoxy) is 1. The molecule has 0 saturated carbocycles. The fraction of sp³-hybridized carbons (Fsp3) is 0.385. The van der Waals surface area contributed by atoms with Crippen LogP contribution in [0.3, 0.4) is 0 Å². The molecule has 0 aliphatic carbocycles. The monoisotopic (exact) mass is 417 g/mol. The van der Waals surface area contributed by atoms with Crippen LogP contribution in [-0.4, -0.2) is 48.6 Å². The molecule has 1 fully saturated rings. The number of rotatable bonds is 4. The number of nitrogens with zero attached hydrogens (tertiary/aromatic N) is 3. The highest BCUT2D eigenvalue weighted by Gasteiger charge is 2.24. The molecule has 0 bridgehead atoms. The van der Waals surface area contributed by atoms with E-state index in [1.807, 2.05) is 35.2 Å². The third-order valence-electron chi connectivity index (χ3n) is 5.83. The van der Waals surface area contributed by atoms with Crippen molar-refractivity contribution in [1.82, 2.24) is 9.88 Å². The highest BCUT2D eigenvalue weighted by molar-refractivity contribution is 5.80. The Balaban J connectivity index is 1.35. The van der Waals surface area contributed by atoms with Gasteiger partial charge in [-0.3, -0.25) is 4.79 Å². The Labute approximate surface area is 184 Å². The molecule has 5 heteroatoms. The van der Waals surface area contributed by atoms with Crippen LogP contribution in [0.4, 0.5) is 5.82 Å². The number of para-hydroxylation sites is 1. The lowest BCUT2D eigenvalue weighted by Gasteiger charge is -2.35. The van der Waals surface area contributed by atoms with E-state index in [-0.39, 0.29) is 17.9 Å². The van der Waals surface area contributed by atoms with Crippen LogP contribution in [-0.2, 0) is 10.2 Å². The molecule has 2 heterocycles. The number of carbonyl (C=O) groups excluding carboxylic acids is 1. The van der Waals surface area contributed by atoms with Gasteiger partial charge in [-0.1, -0.05) is 56.7 Å². The summed E-state index contributed by atoms with van der Waals surface area (Å²) >= 11 is 0. The van der Waals surface area contributed by atoms with Crippen molar-refractivity contribution in [2.45, 2.75) is 33.1 Å². The third kappa shape index (κ3) is 4.82. The fourth-order valence-corrected chi connectivity index (χ4v) is 4.00. The van der Waals surface area contributed by atoms with Crippen LogP contribution in [0.1, 0.15) is 31.9 Å². The molecule has 0 radical (unpaired) electrons. The van der Waals surface area contributed by atoms with Crippen LogP contribution >= 0.6 is 0 Å². The van der Waals surface area contributed by atoms with E-state index in [2.05, 4.69) is 56.9 Å². The number of benzene rings is 2. The zero-order chi connectivity index (χ0) is 22.0. The topological polar surface area (TPSA) is 45.7 Å². The van der Waals surface area contributed by atoms with Crippen LogP contribution in [0.2, 0.25) is 0 Å². The number of anilines is 1. The van der Waals surface area contributed by atoms with Crippen LogP contribution in [0.25, 0.3) is 10.9 Å². The smallest absolute Gasteiger partial charge is 0.260 e. The molecule has 0 unspecified atom stereocenters. The Hall–Kier alpha value is -3.08. The summed E-state index contributed by atoms with van der Waals surface area (Å²) in [5.41, 5.74) is 3.29. The van der Waals surface area contributed by atoms with Gasteiger partial charge in [-0.25, -0.2) is 4.98 Å². The number of hydrogen-bond acceptors (Lipinski definition) is 4. The first-order valence-electron chi connectivity index (χ1n) is 10.9. The number of aryl methyl sites for hydroxylation is 1. The summed E-state index contributed by atoms with van der Waals surface area (Å²) in [5.74, 6) is 1.80. The molecule has 31 heavy (non-hydrogen) atoms. The van der Waals surface area contributed by atoms with Gasteiger partial charge in [-0.05, 0) is 42.2 Å². The van der Waals surface area contributed by atoms with E-state index in [1.54, 1.807) is 0 Å². The SMILES string of the molecule is Cc1ccc(OCC(=O)N2CCN(c3ccc4ccccc4n3)CC2)c(C(C)(C)C)c1. The quantitative estimate of drug-likeness (QED) is 0.624. The number of hydrogen-bond donors (Lipinski definition) is 0. The summed E-state index contributed by atoms with van der Waals surface area (Å²) in [4.78, 5) is 21.7. The summed E-state index contributed by atoms with van der Waals surface area (Å²) < 4.78 is 5.98. The number of aromatic nitrogens is 1. The number of piperazine rings is 1. The van der Waals surface area contributed by atoms with E-state index in [4.69, 9.17) is 9.72 Å². The first-order valence-corrected chi connectivity index (χ1v) is 10.9. The van der Waals surface area contributed by atoms with Crippen molar-refractivity contribution in [1.29, 1.82) is 0 Å². The zero-order valence-corrected chi connectivity index (χ0v) is 18.9. The Kier molecular flexibility index (Phi) is 5.86. The normalized spacial score (nSPS) is 14.7. The van der Waals surface area contributed by atoms with Gasteiger partial charge >= 0.3 is 0 Å². The van der Waals surface area contributed by atoms with Gasteiger partial charge in [0.15, 0.2) is 6.61 Å². The van der Waals surface area contributed by atoms with E-state index in [9.17, 15) is 4.79 Å². The lowest BCUT2D eigenvalue weighted by Crippen LogP contribution is -2.50. The molecule has 0 spiro atoms.